The van der Waals surface area contributed by atoms with Crippen molar-refractivity contribution >= 4 is 17.3 Å². The molecule has 2 aromatic carbocycles. The van der Waals surface area contributed by atoms with Crippen LogP contribution >= 0.6 is 0 Å². The van der Waals surface area contributed by atoms with Crippen LogP contribution < -0.4 is 11.1 Å². The molecule has 1 atom stereocenters. The van der Waals surface area contributed by atoms with Gasteiger partial charge in [-0.15, -0.1) is 0 Å². The van der Waals surface area contributed by atoms with Gasteiger partial charge in [-0.2, -0.15) is 0 Å². The molecule has 1 aliphatic rings. The van der Waals surface area contributed by atoms with E-state index in [1.807, 2.05) is 30.3 Å². The van der Waals surface area contributed by atoms with E-state index in [4.69, 9.17) is 5.73 Å². The first-order valence-corrected chi connectivity index (χ1v) is 8.66. The van der Waals surface area contributed by atoms with Gasteiger partial charge in [-0.1, -0.05) is 30.3 Å². The van der Waals surface area contributed by atoms with Crippen molar-refractivity contribution < 1.29 is 9.72 Å². The normalized spacial score (nSPS) is 15.5. The van der Waals surface area contributed by atoms with Gasteiger partial charge in [0.15, 0.2) is 0 Å². The zero-order valence-corrected chi connectivity index (χ0v) is 14.4. The second-order valence-corrected chi connectivity index (χ2v) is 6.48. The second-order valence-electron chi connectivity index (χ2n) is 6.48. The van der Waals surface area contributed by atoms with E-state index in [9.17, 15) is 14.9 Å². The number of nitrogen functional groups attached to an aromatic ring is 1. The fraction of sp³-hybridized carbons (Fsp3) is 0.316. The molecule has 1 heterocycles. The second kappa shape index (κ2) is 7.97. The average molecular weight is 354 g/mol. The van der Waals surface area contributed by atoms with Crippen LogP contribution in [0.3, 0.4) is 0 Å². The Bertz CT molecular complexity index is 789. The molecule has 1 unspecified atom stereocenters. The molecule has 0 bridgehead atoms. The largest absolute Gasteiger partial charge is 0.393 e. The molecule has 2 aromatic rings. The molecule has 7 heteroatoms. The van der Waals surface area contributed by atoms with Crippen molar-refractivity contribution in [2.24, 2.45) is 0 Å². The number of nitrogens with one attached hydrogen (secondary N) is 1. The molecule has 136 valence electrons. The number of benzene rings is 2. The topological polar surface area (TPSA) is 102 Å². The summed E-state index contributed by atoms with van der Waals surface area (Å²) in [5.41, 5.74) is 6.64. The molecule has 7 nitrogen and oxygen atoms in total. The minimum Gasteiger partial charge on any atom is -0.393 e. The predicted octanol–water partition coefficient (Wildman–Crippen LogP) is 2.74. The van der Waals surface area contributed by atoms with Gasteiger partial charge in [0.05, 0.1) is 11.0 Å². The maximum Gasteiger partial charge on any atom is 0.292 e. The van der Waals surface area contributed by atoms with Gasteiger partial charge in [0, 0.05) is 18.2 Å². The summed E-state index contributed by atoms with van der Waals surface area (Å²) in [4.78, 5) is 25.5. The van der Waals surface area contributed by atoms with Crippen LogP contribution in [-0.4, -0.2) is 35.4 Å². The fourth-order valence-electron chi connectivity index (χ4n) is 3.23. The molecular formula is C19H22N4O3. The number of nitro groups is 1. The van der Waals surface area contributed by atoms with Gasteiger partial charge in [-0.25, -0.2) is 0 Å². The SMILES string of the molecule is Nc1ccc(C(=O)NC(CN2CCCC2)c2ccccc2)cc1[N+](=O)[O-]. The smallest absolute Gasteiger partial charge is 0.292 e. The number of likely N-dealkylation sites (tertiary alicyclic amines) is 1. The Morgan fingerprint density at radius 3 is 2.54 bits per heavy atom. The predicted molar refractivity (Wildman–Crippen MR) is 99.8 cm³/mol. The van der Waals surface area contributed by atoms with E-state index in [0.29, 0.717) is 6.54 Å². The standard InChI is InChI=1S/C19H22N4O3/c20-16-9-8-15(12-18(16)23(25)26)19(24)21-17(13-22-10-4-5-11-22)14-6-2-1-3-7-14/h1-3,6-9,12,17H,4-5,10-11,13,20H2,(H,21,24). The number of hydrogen-bond donors (Lipinski definition) is 2. The van der Waals surface area contributed by atoms with Gasteiger partial charge in [0.2, 0.25) is 0 Å². The summed E-state index contributed by atoms with van der Waals surface area (Å²) in [7, 11) is 0. The maximum atomic E-state index is 12.7. The minimum atomic E-state index is -0.578. The lowest BCUT2D eigenvalue weighted by molar-refractivity contribution is -0.383. The van der Waals surface area contributed by atoms with Crippen molar-refractivity contribution in [2.45, 2.75) is 18.9 Å². The molecule has 1 amide bonds. The molecule has 1 aliphatic heterocycles. The highest BCUT2D eigenvalue weighted by Crippen LogP contribution is 2.23. The summed E-state index contributed by atoms with van der Waals surface area (Å²) >= 11 is 0. The van der Waals surface area contributed by atoms with E-state index in [-0.39, 0.29) is 28.9 Å². The van der Waals surface area contributed by atoms with Gasteiger partial charge in [0.1, 0.15) is 5.69 Å². The Morgan fingerprint density at radius 1 is 1.19 bits per heavy atom. The summed E-state index contributed by atoms with van der Waals surface area (Å²) in [6.07, 6.45) is 2.33. The number of rotatable bonds is 6. The summed E-state index contributed by atoms with van der Waals surface area (Å²) in [5, 5.41) is 14.1. The molecule has 0 aliphatic carbocycles. The number of nitrogens with zero attached hydrogens (tertiary/aromatic N) is 2. The first kappa shape index (κ1) is 17.9. The Labute approximate surface area is 152 Å². The van der Waals surface area contributed by atoms with Crippen molar-refractivity contribution in [3.63, 3.8) is 0 Å². The van der Waals surface area contributed by atoms with E-state index in [0.717, 1.165) is 18.7 Å². The molecule has 3 rings (SSSR count). The van der Waals surface area contributed by atoms with E-state index < -0.39 is 4.92 Å². The first-order valence-electron chi connectivity index (χ1n) is 8.66. The van der Waals surface area contributed by atoms with Crippen LogP contribution in [0.5, 0.6) is 0 Å². The molecule has 0 spiro atoms. The van der Waals surface area contributed by atoms with E-state index in [1.54, 1.807) is 0 Å². The number of carbonyl (C=O) groups is 1. The minimum absolute atomic E-state index is 0.0447. The lowest BCUT2D eigenvalue weighted by Crippen LogP contribution is -2.37. The first-order chi connectivity index (χ1) is 12.5. The number of hydrogen-bond acceptors (Lipinski definition) is 5. The summed E-state index contributed by atoms with van der Waals surface area (Å²) in [6, 6.07) is 13.7. The van der Waals surface area contributed by atoms with Crippen molar-refractivity contribution in [1.82, 2.24) is 10.2 Å². The third-order valence-corrected chi connectivity index (χ3v) is 4.64. The van der Waals surface area contributed by atoms with Gasteiger partial charge in [-0.05, 0) is 43.6 Å². The van der Waals surface area contributed by atoms with E-state index in [1.165, 1.54) is 31.0 Å². The molecule has 0 saturated carbocycles. The fourth-order valence-corrected chi connectivity index (χ4v) is 3.23. The molecule has 0 aromatic heterocycles. The van der Waals surface area contributed by atoms with Gasteiger partial charge in [0.25, 0.3) is 11.6 Å². The Hall–Kier alpha value is -2.93. The van der Waals surface area contributed by atoms with E-state index >= 15 is 0 Å². The quantitative estimate of drug-likeness (QED) is 0.472. The van der Waals surface area contributed by atoms with Gasteiger partial charge >= 0.3 is 0 Å². The highest BCUT2D eigenvalue weighted by Gasteiger charge is 2.22. The zero-order valence-electron chi connectivity index (χ0n) is 14.4. The van der Waals surface area contributed by atoms with Crippen molar-refractivity contribution in [3.05, 3.63) is 69.8 Å². The third kappa shape index (κ3) is 4.18. The Balaban J connectivity index is 1.80. The Kier molecular flexibility index (Phi) is 5.48. The number of amides is 1. The van der Waals surface area contributed by atoms with Crippen molar-refractivity contribution in [1.29, 1.82) is 0 Å². The van der Waals surface area contributed by atoms with Crippen LogP contribution in [0, 0.1) is 10.1 Å². The van der Waals surface area contributed by atoms with Gasteiger partial charge < -0.3 is 16.0 Å². The highest BCUT2D eigenvalue weighted by molar-refractivity contribution is 5.95. The van der Waals surface area contributed by atoms with Crippen LogP contribution in [0.1, 0.15) is 34.8 Å². The number of carbonyl (C=O) groups excluding carboxylic acids is 1. The van der Waals surface area contributed by atoms with Crippen LogP contribution in [0.4, 0.5) is 11.4 Å². The van der Waals surface area contributed by atoms with Crippen molar-refractivity contribution in [2.75, 3.05) is 25.4 Å². The maximum absolute atomic E-state index is 12.7. The van der Waals surface area contributed by atoms with Crippen molar-refractivity contribution in [3.8, 4) is 0 Å². The van der Waals surface area contributed by atoms with Crippen LogP contribution in [0.15, 0.2) is 48.5 Å². The monoisotopic (exact) mass is 354 g/mol. The lowest BCUT2D eigenvalue weighted by atomic mass is 10.1. The highest BCUT2D eigenvalue weighted by atomic mass is 16.6. The third-order valence-electron chi connectivity index (χ3n) is 4.64. The Morgan fingerprint density at radius 2 is 1.88 bits per heavy atom. The summed E-state index contributed by atoms with van der Waals surface area (Å²) in [6.45, 7) is 2.76. The number of anilines is 1. The summed E-state index contributed by atoms with van der Waals surface area (Å²) in [5.74, 6) is -0.346. The average Bonchev–Trinajstić information content (AvgIpc) is 3.15. The molecule has 1 saturated heterocycles. The van der Waals surface area contributed by atoms with E-state index in [2.05, 4.69) is 10.2 Å². The molecule has 3 N–H and O–H groups in total. The zero-order chi connectivity index (χ0) is 18.5. The summed E-state index contributed by atoms with van der Waals surface area (Å²) < 4.78 is 0. The van der Waals surface area contributed by atoms with Crippen LogP contribution in [0.25, 0.3) is 0 Å². The molecule has 0 radical (unpaired) electrons. The molecule has 26 heavy (non-hydrogen) atoms. The number of nitro benzene ring substituents is 1. The van der Waals surface area contributed by atoms with Gasteiger partial charge in [-0.3, -0.25) is 14.9 Å². The number of nitrogens with two attached hydrogens (primary N) is 1. The lowest BCUT2D eigenvalue weighted by Gasteiger charge is -2.25. The van der Waals surface area contributed by atoms with Crippen LogP contribution in [-0.2, 0) is 0 Å². The van der Waals surface area contributed by atoms with Crippen LogP contribution in [0.2, 0.25) is 0 Å². The molecule has 1 fully saturated rings. The molecular weight excluding hydrogens is 332 g/mol.